The van der Waals surface area contributed by atoms with Gasteiger partial charge in [0.15, 0.2) is 0 Å². The number of nitrogens with one attached hydrogen (secondary N) is 2. The summed E-state index contributed by atoms with van der Waals surface area (Å²) in [5.74, 6) is 0.557. The third kappa shape index (κ3) is 2.55. The van der Waals surface area contributed by atoms with Crippen LogP contribution in [0.15, 0.2) is 24.3 Å². The average Bonchev–Trinajstić information content (AvgIpc) is 2.42. The lowest BCUT2D eigenvalue weighted by Gasteiger charge is -2.18. The maximum atomic E-state index is 6.23. The van der Waals surface area contributed by atoms with Crippen molar-refractivity contribution in [2.24, 2.45) is 0 Å². The van der Waals surface area contributed by atoms with Gasteiger partial charge in [-0.2, -0.15) is 0 Å². The van der Waals surface area contributed by atoms with Crippen LogP contribution in [0.25, 0.3) is 0 Å². The standard InChI is InChI=1S/C14H15ClN4/c1-9-4-2-3-5-11(9)17-14-18-12-8-16-7-6-10(12)13(15)19-14/h2-5,16H,6-8H2,1H3,(H,17,18,19). The second-order valence-corrected chi connectivity index (χ2v) is 4.99. The maximum Gasteiger partial charge on any atom is 0.228 e. The minimum Gasteiger partial charge on any atom is -0.324 e. The largest absolute Gasteiger partial charge is 0.324 e. The van der Waals surface area contributed by atoms with Gasteiger partial charge < -0.3 is 10.6 Å². The molecule has 0 fully saturated rings. The van der Waals surface area contributed by atoms with Gasteiger partial charge in [0.25, 0.3) is 0 Å². The first kappa shape index (κ1) is 12.4. The number of halogens is 1. The van der Waals surface area contributed by atoms with Crippen molar-refractivity contribution < 1.29 is 0 Å². The van der Waals surface area contributed by atoms with E-state index in [1.165, 1.54) is 0 Å². The molecule has 0 spiro atoms. The van der Waals surface area contributed by atoms with Crippen LogP contribution in [-0.4, -0.2) is 16.5 Å². The fourth-order valence-corrected chi connectivity index (χ4v) is 2.49. The quantitative estimate of drug-likeness (QED) is 0.827. The monoisotopic (exact) mass is 274 g/mol. The number of hydrogen-bond acceptors (Lipinski definition) is 4. The number of nitrogens with zero attached hydrogens (tertiary/aromatic N) is 2. The highest BCUT2D eigenvalue weighted by molar-refractivity contribution is 6.30. The summed E-state index contributed by atoms with van der Waals surface area (Å²) in [5, 5.41) is 7.08. The zero-order valence-corrected chi connectivity index (χ0v) is 11.5. The fourth-order valence-electron chi connectivity index (χ4n) is 2.20. The molecule has 2 heterocycles. The van der Waals surface area contributed by atoms with Crippen molar-refractivity contribution in [3.8, 4) is 0 Å². The van der Waals surface area contributed by atoms with Crippen LogP contribution < -0.4 is 10.6 Å². The number of fused-ring (bicyclic) bond motifs is 1. The molecule has 0 atom stereocenters. The van der Waals surface area contributed by atoms with Crippen molar-refractivity contribution in [2.45, 2.75) is 19.9 Å². The van der Waals surface area contributed by atoms with Crippen LogP contribution in [0.3, 0.4) is 0 Å². The Morgan fingerprint density at radius 1 is 1.26 bits per heavy atom. The highest BCUT2D eigenvalue weighted by atomic mass is 35.5. The molecule has 1 aromatic heterocycles. The van der Waals surface area contributed by atoms with Gasteiger partial charge >= 0.3 is 0 Å². The van der Waals surface area contributed by atoms with E-state index in [0.717, 1.165) is 42.0 Å². The molecule has 5 heteroatoms. The average molecular weight is 275 g/mol. The molecule has 2 aromatic rings. The topological polar surface area (TPSA) is 49.8 Å². The van der Waals surface area contributed by atoms with Gasteiger partial charge in [0, 0.05) is 17.8 Å². The fraction of sp³-hybridized carbons (Fsp3) is 0.286. The molecule has 3 rings (SSSR count). The molecule has 1 aliphatic rings. The summed E-state index contributed by atoms with van der Waals surface area (Å²) >= 11 is 6.23. The second-order valence-electron chi connectivity index (χ2n) is 4.63. The molecule has 4 nitrogen and oxygen atoms in total. The van der Waals surface area contributed by atoms with Gasteiger partial charge in [-0.1, -0.05) is 29.8 Å². The molecule has 98 valence electrons. The Hall–Kier alpha value is -1.65. The van der Waals surface area contributed by atoms with Crippen LogP contribution >= 0.6 is 11.6 Å². The number of rotatable bonds is 2. The molecule has 2 N–H and O–H groups in total. The van der Waals surface area contributed by atoms with Gasteiger partial charge in [-0.3, -0.25) is 0 Å². The van der Waals surface area contributed by atoms with E-state index in [2.05, 4.69) is 20.6 Å². The Morgan fingerprint density at radius 2 is 2.11 bits per heavy atom. The molecule has 0 bridgehead atoms. The molecular formula is C14H15ClN4. The SMILES string of the molecule is Cc1ccccc1Nc1nc(Cl)c2c(n1)CNCC2. The smallest absolute Gasteiger partial charge is 0.228 e. The molecule has 0 unspecified atom stereocenters. The van der Waals surface area contributed by atoms with Crippen molar-refractivity contribution in [3.05, 3.63) is 46.2 Å². The molecule has 0 radical (unpaired) electrons. The predicted octanol–water partition coefficient (Wildman–Crippen LogP) is 2.83. The first-order chi connectivity index (χ1) is 9.24. The maximum absolute atomic E-state index is 6.23. The summed E-state index contributed by atoms with van der Waals surface area (Å²) in [5.41, 5.74) is 4.21. The van der Waals surface area contributed by atoms with Crippen LogP contribution in [0.5, 0.6) is 0 Å². The Balaban J connectivity index is 1.94. The van der Waals surface area contributed by atoms with Crippen molar-refractivity contribution in [1.82, 2.24) is 15.3 Å². The first-order valence-electron chi connectivity index (χ1n) is 6.32. The molecule has 0 saturated carbocycles. The van der Waals surface area contributed by atoms with Gasteiger partial charge in [0.1, 0.15) is 5.15 Å². The van der Waals surface area contributed by atoms with Crippen molar-refractivity contribution in [2.75, 3.05) is 11.9 Å². The molecule has 19 heavy (non-hydrogen) atoms. The Morgan fingerprint density at radius 3 is 2.95 bits per heavy atom. The zero-order chi connectivity index (χ0) is 13.2. The van der Waals surface area contributed by atoms with Gasteiger partial charge in [-0.05, 0) is 31.5 Å². The van der Waals surface area contributed by atoms with Crippen LogP contribution in [-0.2, 0) is 13.0 Å². The summed E-state index contributed by atoms with van der Waals surface area (Å²) in [4.78, 5) is 8.88. The molecular weight excluding hydrogens is 260 g/mol. The van der Waals surface area contributed by atoms with E-state index in [-0.39, 0.29) is 0 Å². The summed E-state index contributed by atoms with van der Waals surface area (Å²) in [6.45, 7) is 3.73. The molecule has 0 aliphatic carbocycles. The Bertz CT molecular complexity index is 612. The van der Waals surface area contributed by atoms with Gasteiger partial charge in [0.05, 0.1) is 5.69 Å². The summed E-state index contributed by atoms with van der Waals surface area (Å²) < 4.78 is 0. The lowest BCUT2D eigenvalue weighted by Crippen LogP contribution is -2.25. The molecule has 1 aromatic carbocycles. The molecule has 0 amide bonds. The van der Waals surface area contributed by atoms with Crippen LogP contribution in [0.2, 0.25) is 5.15 Å². The number of aryl methyl sites for hydroxylation is 1. The highest BCUT2D eigenvalue weighted by Gasteiger charge is 2.16. The molecule has 0 saturated heterocycles. The first-order valence-corrected chi connectivity index (χ1v) is 6.70. The van der Waals surface area contributed by atoms with E-state index < -0.39 is 0 Å². The lowest BCUT2D eigenvalue weighted by atomic mass is 10.1. The third-order valence-electron chi connectivity index (χ3n) is 3.28. The van der Waals surface area contributed by atoms with Gasteiger partial charge in [-0.15, -0.1) is 0 Å². The Labute approximate surface area is 117 Å². The number of hydrogen-bond donors (Lipinski definition) is 2. The second kappa shape index (κ2) is 5.15. The summed E-state index contributed by atoms with van der Waals surface area (Å²) in [7, 11) is 0. The summed E-state index contributed by atoms with van der Waals surface area (Å²) in [6, 6.07) is 8.04. The van der Waals surface area contributed by atoms with Gasteiger partial charge in [-0.25, -0.2) is 9.97 Å². The van der Waals surface area contributed by atoms with E-state index in [0.29, 0.717) is 11.1 Å². The molecule has 1 aliphatic heterocycles. The van der Waals surface area contributed by atoms with Crippen LogP contribution in [0.4, 0.5) is 11.6 Å². The van der Waals surface area contributed by atoms with E-state index in [9.17, 15) is 0 Å². The van der Waals surface area contributed by atoms with Crippen molar-refractivity contribution >= 4 is 23.2 Å². The minimum absolute atomic E-state index is 0.557. The highest BCUT2D eigenvalue weighted by Crippen LogP contribution is 2.24. The van der Waals surface area contributed by atoms with Crippen LogP contribution in [0, 0.1) is 6.92 Å². The normalized spacial score (nSPS) is 14.0. The Kier molecular flexibility index (Phi) is 3.36. The summed E-state index contributed by atoms with van der Waals surface area (Å²) in [6.07, 6.45) is 0.888. The zero-order valence-electron chi connectivity index (χ0n) is 10.7. The number of para-hydroxylation sites is 1. The van der Waals surface area contributed by atoms with Crippen molar-refractivity contribution in [3.63, 3.8) is 0 Å². The van der Waals surface area contributed by atoms with Crippen molar-refractivity contribution in [1.29, 1.82) is 0 Å². The van der Waals surface area contributed by atoms with E-state index in [4.69, 9.17) is 11.6 Å². The number of aromatic nitrogens is 2. The lowest BCUT2D eigenvalue weighted by molar-refractivity contribution is 0.624. The third-order valence-corrected chi connectivity index (χ3v) is 3.59. The van der Waals surface area contributed by atoms with E-state index in [1.54, 1.807) is 0 Å². The number of benzene rings is 1. The predicted molar refractivity (Wildman–Crippen MR) is 76.9 cm³/mol. The minimum atomic E-state index is 0.557. The van der Waals surface area contributed by atoms with E-state index in [1.807, 2.05) is 31.2 Å². The number of anilines is 2. The van der Waals surface area contributed by atoms with E-state index >= 15 is 0 Å². The van der Waals surface area contributed by atoms with Gasteiger partial charge in [0.2, 0.25) is 5.95 Å². The van der Waals surface area contributed by atoms with Crippen LogP contribution in [0.1, 0.15) is 16.8 Å².